The Kier molecular flexibility index (Phi) is 7.15. The fourth-order valence-electron chi connectivity index (χ4n) is 3.40. The fourth-order valence-corrected chi connectivity index (χ4v) is 3.40. The van der Waals surface area contributed by atoms with Crippen LogP contribution < -0.4 is 5.73 Å². The highest BCUT2D eigenvalue weighted by atomic mass is 16.7. The molecule has 178 valence electrons. The summed E-state index contributed by atoms with van der Waals surface area (Å²) in [4.78, 5) is 15.6. The van der Waals surface area contributed by atoms with Crippen molar-refractivity contribution < 1.29 is 40.2 Å². The van der Waals surface area contributed by atoms with Gasteiger partial charge in [0.15, 0.2) is 12.4 Å². The number of hydrogen-bond acceptors (Lipinski definition) is 10. The van der Waals surface area contributed by atoms with E-state index in [0.29, 0.717) is 10.2 Å². The molecule has 2 aromatic rings. The summed E-state index contributed by atoms with van der Waals surface area (Å²) in [5, 5.41) is 62.8. The van der Waals surface area contributed by atoms with Gasteiger partial charge in [0.25, 0.3) is 17.5 Å². The Morgan fingerprint density at radius 1 is 1.15 bits per heavy atom. The van der Waals surface area contributed by atoms with Crippen LogP contribution in [0.4, 0.5) is 0 Å². The normalized spacial score (nSPS) is 21.1. The molecule has 8 N–H and O–H groups in total. The third kappa shape index (κ3) is 4.90. The van der Waals surface area contributed by atoms with E-state index in [1.807, 2.05) is 24.3 Å². The Morgan fingerprint density at radius 2 is 1.82 bits per heavy atom. The van der Waals surface area contributed by atoms with Gasteiger partial charge in [-0.3, -0.25) is 4.79 Å². The Hall–Kier alpha value is -2.89. The van der Waals surface area contributed by atoms with Crippen LogP contribution in [0.2, 0.25) is 0 Å². The lowest BCUT2D eigenvalue weighted by Gasteiger charge is -2.31. The van der Waals surface area contributed by atoms with Crippen LogP contribution in [0.1, 0.15) is 60.0 Å². The molecule has 0 unspecified atom stereocenters. The molecular weight excluding hydrogens is 436 g/mol. The fraction of sp³-hybridized carbons (Fsp3) is 0.476. The lowest BCUT2D eigenvalue weighted by atomic mass is 10.0. The minimum absolute atomic E-state index is 0.246. The van der Waals surface area contributed by atoms with E-state index >= 15 is 0 Å². The van der Waals surface area contributed by atoms with Crippen molar-refractivity contribution >= 4 is 5.91 Å². The molecule has 12 heteroatoms. The van der Waals surface area contributed by atoms with Crippen LogP contribution in [-0.2, 0) is 11.2 Å². The molecule has 3 rings (SSSR count). The molecule has 1 aliphatic rings. The van der Waals surface area contributed by atoms with Gasteiger partial charge < -0.3 is 41.1 Å². The van der Waals surface area contributed by atoms with Crippen LogP contribution in [0, 0.1) is 11.8 Å². The van der Waals surface area contributed by atoms with Gasteiger partial charge in [-0.2, -0.15) is 4.98 Å². The molecule has 0 spiro atoms. The molecule has 0 radical (unpaired) electrons. The number of ether oxygens (including phenoxy) is 1. The first kappa shape index (κ1) is 24.7. The summed E-state index contributed by atoms with van der Waals surface area (Å²) in [6, 6.07) is 7.51. The van der Waals surface area contributed by atoms with E-state index in [0.717, 1.165) is 25.7 Å². The minimum atomic E-state index is -3.53. The summed E-state index contributed by atoms with van der Waals surface area (Å²) in [7, 11) is 0. The van der Waals surface area contributed by atoms with Gasteiger partial charge in [0.1, 0.15) is 0 Å². The van der Waals surface area contributed by atoms with Crippen LogP contribution in [-0.4, -0.2) is 75.3 Å². The number of aromatic nitrogens is 3. The smallest absolute Gasteiger partial charge is 0.286 e. The van der Waals surface area contributed by atoms with E-state index in [1.165, 1.54) is 5.56 Å². The number of benzene rings is 1. The number of hydrogen-bond donors (Lipinski definition) is 7. The highest BCUT2D eigenvalue weighted by molar-refractivity contribution is 5.89. The first-order valence-electron chi connectivity index (χ1n) is 10.3. The second-order valence-electron chi connectivity index (χ2n) is 7.75. The molecule has 12 nitrogen and oxygen atoms in total. The molecule has 0 aliphatic carbocycles. The number of amides is 1. The lowest BCUT2D eigenvalue weighted by Crippen LogP contribution is -2.60. The molecule has 2 heterocycles. The zero-order valence-electron chi connectivity index (χ0n) is 17.8. The molecule has 1 saturated heterocycles. The van der Waals surface area contributed by atoms with Crippen molar-refractivity contribution in [3.63, 3.8) is 0 Å². The predicted octanol–water partition coefficient (Wildman–Crippen LogP) is -1.92. The molecule has 1 fully saturated rings. The summed E-state index contributed by atoms with van der Waals surface area (Å²) < 4.78 is 5.46. The first-order valence-corrected chi connectivity index (χ1v) is 10.3. The van der Waals surface area contributed by atoms with Gasteiger partial charge in [-0.05, 0) is 36.5 Å². The van der Waals surface area contributed by atoms with Crippen molar-refractivity contribution in [2.75, 3.05) is 0 Å². The van der Waals surface area contributed by atoms with Gasteiger partial charge >= 0.3 is 0 Å². The van der Waals surface area contributed by atoms with E-state index in [2.05, 4.69) is 28.8 Å². The number of rotatable bonds is 7. The second-order valence-corrected chi connectivity index (χ2v) is 7.75. The van der Waals surface area contributed by atoms with Gasteiger partial charge in [-0.15, -0.1) is 5.10 Å². The number of carbonyl (C=O) groups is 1. The number of primary amides is 1. The monoisotopic (exact) mass is 462 g/mol. The summed E-state index contributed by atoms with van der Waals surface area (Å²) >= 11 is 0. The van der Waals surface area contributed by atoms with Crippen molar-refractivity contribution in [3.05, 3.63) is 47.0 Å². The molecule has 1 amide bonds. The van der Waals surface area contributed by atoms with E-state index in [4.69, 9.17) is 10.5 Å². The van der Waals surface area contributed by atoms with Crippen LogP contribution in [0.15, 0.2) is 24.3 Å². The number of nitrogens with zero attached hydrogens (tertiary/aromatic N) is 3. The van der Waals surface area contributed by atoms with Gasteiger partial charge in [0, 0.05) is 5.56 Å². The second kappa shape index (κ2) is 9.54. The molecule has 0 bridgehead atoms. The summed E-state index contributed by atoms with van der Waals surface area (Å²) in [5.74, 6) is -3.66. The van der Waals surface area contributed by atoms with Crippen LogP contribution in [0.25, 0.3) is 0 Å². The summed E-state index contributed by atoms with van der Waals surface area (Å²) in [5.41, 5.74) is 7.07. The highest BCUT2D eigenvalue weighted by Gasteiger charge is 2.69. The van der Waals surface area contributed by atoms with Crippen molar-refractivity contribution in [2.24, 2.45) is 5.73 Å². The Morgan fingerprint density at radius 3 is 2.36 bits per heavy atom. The summed E-state index contributed by atoms with van der Waals surface area (Å²) in [6.07, 6.45) is -2.61. The average molecular weight is 462 g/mol. The number of nitrogens with two attached hydrogens (primary N) is 1. The molecule has 1 aromatic carbocycles. The third-order valence-electron chi connectivity index (χ3n) is 5.24. The Bertz CT molecular complexity index is 1050. The predicted molar refractivity (Wildman–Crippen MR) is 111 cm³/mol. The Balaban J connectivity index is 1.88. The molecular formula is C21H26N4O8. The van der Waals surface area contributed by atoms with E-state index in [1.54, 1.807) is 0 Å². The van der Waals surface area contributed by atoms with Crippen LogP contribution >= 0.6 is 0 Å². The van der Waals surface area contributed by atoms with Gasteiger partial charge in [0.2, 0.25) is 17.9 Å². The first-order chi connectivity index (χ1) is 15.5. The summed E-state index contributed by atoms with van der Waals surface area (Å²) in [6.45, 7) is 2.13. The quantitative estimate of drug-likeness (QED) is 0.138. The number of unbranched alkanes of at least 4 members (excludes halogenated alkanes) is 2. The number of aryl methyl sites for hydroxylation is 1. The molecule has 1 aromatic heterocycles. The SMILES string of the molecule is CCCCCc1ccc(C#Cc2nc(C(N)=O)n([C@@H]3O[C@H](C(O)O)C(O)(O)C3(O)O)n2)cc1. The van der Waals surface area contributed by atoms with E-state index in [9.17, 15) is 35.4 Å². The molecule has 1 aliphatic heterocycles. The topological polar surface area (TPSA) is 204 Å². The average Bonchev–Trinajstić information content (AvgIpc) is 3.24. The van der Waals surface area contributed by atoms with Crippen molar-refractivity contribution in [1.29, 1.82) is 0 Å². The highest BCUT2D eigenvalue weighted by Crippen LogP contribution is 2.43. The maximum absolute atomic E-state index is 11.8. The van der Waals surface area contributed by atoms with Crippen molar-refractivity contribution in [3.8, 4) is 11.8 Å². The standard InChI is InChI=1S/C21H26N4O8/c1-2-3-4-5-12-6-8-13(9-7-12)10-11-14-23-17(16(22)26)25(24-14)19-21(31,32)20(29,30)15(33-19)18(27)28/h6-9,15,18-19,27-32H,2-5H2,1H3,(H2,22,26)/t15-,19-/m1/s1. The zero-order valence-corrected chi connectivity index (χ0v) is 17.8. The number of aliphatic hydroxyl groups is 6. The lowest BCUT2D eigenvalue weighted by molar-refractivity contribution is -0.363. The van der Waals surface area contributed by atoms with Crippen LogP contribution in [0.5, 0.6) is 0 Å². The molecule has 33 heavy (non-hydrogen) atoms. The molecule has 2 atom stereocenters. The Labute approximate surface area is 188 Å². The van der Waals surface area contributed by atoms with Gasteiger partial charge in [0.05, 0.1) is 0 Å². The maximum Gasteiger partial charge on any atom is 0.286 e. The van der Waals surface area contributed by atoms with E-state index in [-0.39, 0.29) is 5.82 Å². The third-order valence-corrected chi connectivity index (χ3v) is 5.24. The molecule has 0 saturated carbocycles. The number of carbonyl (C=O) groups excluding carboxylic acids is 1. The zero-order chi connectivity index (χ0) is 24.4. The van der Waals surface area contributed by atoms with Gasteiger partial charge in [-0.25, -0.2) is 4.68 Å². The number of aliphatic hydroxyl groups excluding tert-OH is 1. The minimum Gasteiger partial charge on any atom is -0.366 e. The van der Waals surface area contributed by atoms with Crippen molar-refractivity contribution in [2.45, 2.75) is 62.8 Å². The largest absolute Gasteiger partial charge is 0.366 e. The van der Waals surface area contributed by atoms with E-state index < -0.39 is 41.9 Å². The van der Waals surface area contributed by atoms with Crippen LogP contribution in [0.3, 0.4) is 0 Å². The maximum atomic E-state index is 11.8. The van der Waals surface area contributed by atoms with Gasteiger partial charge in [-0.1, -0.05) is 37.8 Å². The van der Waals surface area contributed by atoms with Crippen molar-refractivity contribution in [1.82, 2.24) is 14.8 Å².